The third kappa shape index (κ3) is 6.12. The molecule has 42 heavy (non-hydrogen) atoms. The molecule has 0 bridgehead atoms. The SMILES string of the molecule is COc1cc(C(=O)c2c(-c3ccc(OCCN4CCCC4)cc3)sc3cc(OCc4ccccc4)ccc23)ccc1O. The molecule has 0 unspecified atom stereocenters. The molecular formula is C35H33NO5S. The summed E-state index contributed by atoms with van der Waals surface area (Å²) in [7, 11) is 1.47. The zero-order valence-electron chi connectivity index (χ0n) is 23.5. The van der Waals surface area contributed by atoms with Gasteiger partial charge in [0.25, 0.3) is 0 Å². The molecular weight excluding hydrogens is 546 g/mol. The van der Waals surface area contributed by atoms with Gasteiger partial charge in [0.2, 0.25) is 0 Å². The number of ether oxygens (including phenoxy) is 3. The van der Waals surface area contributed by atoms with E-state index in [2.05, 4.69) is 4.90 Å². The van der Waals surface area contributed by atoms with E-state index in [1.807, 2.05) is 72.8 Å². The molecule has 5 aromatic rings. The molecule has 0 spiro atoms. The van der Waals surface area contributed by atoms with Gasteiger partial charge in [-0.15, -0.1) is 11.3 Å². The van der Waals surface area contributed by atoms with Crippen LogP contribution in [0.1, 0.15) is 34.3 Å². The largest absolute Gasteiger partial charge is 0.504 e. The summed E-state index contributed by atoms with van der Waals surface area (Å²) in [5.41, 5.74) is 3.07. The molecule has 1 aliphatic heterocycles. The molecule has 0 atom stereocenters. The highest BCUT2D eigenvalue weighted by atomic mass is 32.1. The monoisotopic (exact) mass is 579 g/mol. The zero-order valence-corrected chi connectivity index (χ0v) is 24.4. The highest BCUT2D eigenvalue weighted by Crippen LogP contribution is 2.42. The lowest BCUT2D eigenvalue weighted by Crippen LogP contribution is -2.25. The second-order valence-corrected chi connectivity index (χ2v) is 11.4. The Morgan fingerprint density at radius 2 is 1.64 bits per heavy atom. The smallest absolute Gasteiger partial charge is 0.195 e. The number of likely N-dealkylation sites (tertiary alicyclic amines) is 1. The van der Waals surface area contributed by atoms with Gasteiger partial charge in [0.1, 0.15) is 24.7 Å². The summed E-state index contributed by atoms with van der Waals surface area (Å²) in [6.45, 7) is 4.35. The number of hydrogen-bond acceptors (Lipinski definition) is 7. The lowest BCUT2D eigenvalue weighted by atomic mass is 9.97. The van der Waals surface area contributed by atoms with Crippen LogP contribution < -0.4 is 14.2 Å². The van der Waals surface area contributed by atoms with Crippen molar-refractivity contribution in [1.29, 1.82) is 0 Å². The fraction of sp³-hybridized carbons (Fsp3) is 0.229. The Bertz CT molecular complexity index is 1670. The first-order chi connectivity index (χ1) is 20.6. The van der Waals surface area contributed by atoms with Crippen molar-refractivity contribution in [2.45, 2.75) is 19.4 Å². The number of ketones is 1. The summed E-state index contributed by atoms with van der Waals surface area (Å²) < 4.78 is 18.3. The minimum atomic E-state index is -0.140. The molecule has 0 amide bonds. The summed E-state index contributed by atoms with van der Waals surface area (Å²) in [6, 6.07) is 28.6. The van der Waals surface area contributed by atoms with Gasteiger partial charge in [0.15, 0.2) is 17.3 Å². The predicted molar refractivity (Wildman–Crippen MR) is 167 cm³/mol. The fourth-order valence-corrected chi connectivity index (χ4v) is 6.53. The van der Waals surface area contributed by atoms with Crippen LogP contribution in [-0.4, -0.2) is 49.1 Å². The van der Waals surface area contributed by atoms with Gasteiger partial charge in [-0.1, -0.05) is 30.3 Å². The van der Waals surface area contributed by atoms with Gasteiger partial charge in [0, 0.05) is 32.6 Å². The first-order valence-corrected chi connectivity index (χ1v) is 15.0. The average molecular weight is 580 g/mol. The van der Waals surface area contributed by atoms with Crippen LogP contribution in [0.5, 0.6) is 23.0 Å². The number of rotatable bonds is 11. The van der Waals surface area contributed by atoms with E-state index in [9.17, 15) is 9.90 Å². The Morgan fingerprint density at radius 3 is 2.40 bits per heavy atom. The maximum atomic E-state index is 14.0. The van der Waals surface area contributed by atoms with Crippen LogP contribution in [0.2, 0.25) is 0 Å². The van der Waals surface area contributed by atoms with Gasteiger partial charge < -0.3 is 19.3 Å². The summed E-state index contributed by atoms with van der Waals surface area (Å²) in [4.78, 5) is 17.3. The van der Waals surface area contributed by atoms with Crippen molar-refractivity contribution in [2.24, 2.45) is 0 Å². The number of hydrogen-bond donors (Lipinski definition) is 1. The lowest BCUT2D eigenvalue weighted by molar-refractivity contribution is 0.104. The molecule has 7 heteroatoms. The van der Waals surface area contributed by atoms with Crippen molar-refractivity contribution < 1.29 is 24.1 Å². The minimum absolute atomic E-state index is 0.00928. The van der Waals surface area contributed by atoms with Gasteiger partial charge in [-0.2, -0.15) is 0 Å². The summed E-state index contributed by atoms with van der Waals surface area (Å²) in [5.74, 6) is 1.66. The predicted octanol–water partition coefficient (Wildman–Crippen LogP) is 7.57. The maximum absolute atomic E-state index is 14.0. The Morgan fingerprint density at radius 1 is 0.881 bits per heavy atom. The molecule has 0 radical (unpaired) electrons. The third-order valence-corrected chi connectivity index (χ3v) is 8.77. The highest BCUT2D eigenvalue weighted by molar-refractivity contribution is 7.22. The second kappa shape index (κ2) is 12.7. The number of carbonyl (C=O) groups is 1. The molecule has 0 saturated carbocycles. The molecule has 6 nitrogen and oxygen atoms in total. The van der Waals surface area contributed by atoms with E-state index >= 15 is 0 Å². The molecule has 1 N–H and O–H groups in total. The average Bonchev–Trinajstić information content (AvgIpc) is 3.69. The van der Waals surface area contributed by atoms with E-state index in [-0.39, 0.29) is 17.3 Å². The number of fused-ring (bicyclic) bond motifs is 1. The molecule has 0 aliphatic carbocycles. The Balaban J connectivity index is 1.31. The van der Waals surface area contributed by atoms with Crippen LogP contribution in [0.3, 0.4) is 0 Å². The number of nitrogens with zero attached hydrogens (tertiary/aromatic N) is 1. The van der Waals surface area contributed by atoms with Crippen LogP contribution >= 0.6 is 11.3 Å². The van der Waals surface area contributed by atoms with E-state index in [1.165, 1.54) is 26.0 Å². The molecule has 1 aliphatic rings. The molecule has 1 aromatic heterocycles. The van der Waals surface area contributed by atoms with Crippen LogP contribution in [0.4, 0.5) is 0 Å². The first-order valence-electron chi connectivity index (χ1n) is 14.2. The normalized spacial score (nSPS) is 13.4. The standard InChI is InChI=1S/C35H33NO5S/c1-39-31-21-26(11-16-30(31)37)34(38)33-29-15-14-28(41-23-24-7-3-2-4-8-24)22-32(29)42-35(33)25-9-12-27(13-10-25)40-20-19-36-17-5-6-18-36/h2-4,7-16,21-22,37H,5-6,17-20,23H2,1H3. The number of thiophene rings is 1. The number of carbonyl (C=O) groups excluding carboxylic acids is 1. The van der Waals surface area contributed by atoms with Crippen molar-refractivity contribution >= 4 is 27.2 Å². The van der Waals surface area contributed by atoms with Crippen molar-refractivity contribution in [1.82, 2.24) is 4.90 Å². The number of phenolic OH excluding ortho intramolecular Hbond substituents is 1. The van der Waals surface area contributed by atoms with Gasteiger partial charge in [0.05, 0.1) is 7.11 Å². The van der Waals surface area contributed by atoms with E-state index in [0.717, 1.165) is 57.2 Å². The first kappa shape index (κ1) is 27.8. The maximum Gasteiger partial charge on any atom is 0.195 e. The Hall–Kier alpha value is -4.33. The lowest BCUT2D eigenvalue weighted by Gasteiger charge is -2.15. The fourth-order valence-electron chi connectivity index (χ4n) is 5.30. The molecule has 1 saturated heterocycles. The number of phenols is 1. The van der Waals surface area contributed by atoms with Crippen molar-refractivity contribution in [2.75, 3.05) is 33.4 Å². The number of methoxy groups -OCH3 is 1. The van der Waals surface area contributed by atoms with E-state index < -0.39 is 0 Å². The van der Waals surface area contributed by atoms with Crippen molar-refractivity contribution in [3.63, 3.8) is 0 Å². The van der Waals surface area contributed by atoms with Gasteiger partial charge in [-0.3, -0.25) is 9.69 Å². The van der Waals surface area contributed by atoms with Gasteiger partial charge in [-0.05, 0) is 97.7 Å². The van der Waals surface area contributed by atoms with E-state index in [4.69, 9.17) is 14.2 Å². The summed E-state index contributed by atoms with van der Waals surface area (Å²) >= 11 is 1.56. The van der Waals surface area contributed by atoms with Crippen LogP contribution in [0, 0.1) is 0 Å². The topological polar surface area (TPSA) is 68.2 Å². The van der Waals surface area contributed by atoms with Crippen molar-refractivity contribution in [3.8, 4) is 33.4 Å². The Labute approximate surface area is 249 Å². The zero-order chi connectivity index (χ0) is 28.9. The Kier molecular flexibility index (Phi) is 8.40. The molecule has 2 heterocycles. The molecule has 4 aromatic carbocycles. The van der Waals surface area contributed by atoms with Crippen LogP contribution in [0.15, 0.2) is 91.0 Å². The second-order valence-electron chi connectivity index (χ2n) is 10.4. The van der Waals surface area contributed by atoms with Crippen molar-refractivity contribution in [3.05, 3.63) is 108 Å². The van der Waals surface area contributed by atoms with E-state index in [1.54, 1.807) is 23.5 Å². The highest BCUT2D eigenvalue weighted by Gasteiger charge is 2.23. The number of benzene rings is 4. The third-order valence-electron chi connectivity index (χ3n) is 7.57. The molecule has 6 rings (SSSR count). The van der Waals surface area contributed by atoms with Crippen LogP contribution in [-0.2, 0) is 6.61 Å². The van der Waals surface area contributed by atoms with Gasteiger partial charge >= 0.3 is 0 Å². The summed E-state index contributed by atoms with van der Waals surface area (Å²) in [6.07, 6.45) is 2.53. The molecule has 1 fully saturated rings. The van der Waals surface area contributed by atoms with Crippen LogP contribution in [0.25, 0.3) is 20.5 Å². The van der Waals surface area contributed by atoms with Gasteiger partial charge in [-0.25, -0.2) is 0 Å². The molecule has 214 valence electrons. The summed E-state index contributed by atoms with van der Waals surface area (Å²) in [5, 5.41) is 11.0. The van der Waals surface area contributed by atoms with E-state index in [0.29, 0.717) is 24.3 Å². The minimum Gasteiger partial charge on any atom is -0.504 e. The quantitative estimate of drug-likeness (QED) is 0.163. The number of aromatic hydroxyl groups is 1.